The van der Waals surface area contributed by atoms with Gasteiger partial charge in [0.15, 0.2) is 0 Å². The quantitative estimate of drug-likeness (QED) is 0.436. The zero-order chi connectivity index (χ0) is 8.55. The van der Waals surface area contributed by atoms with Gasteiger partial charge in [-0.2, -0.15) is 0 Å². The van der Waals surface area contributed by atoms with Gasteiger partial charge in [0.25, 0.3) is 0 Å². The van der Waals surface area contributed by atoms with Crippen molar-refractivity contribution in [3.05, 3.63) is 53.0 Å². The Hall–Kier alpha value is 4.35. The average molecular weight is 600 g/mol. The van der Waals surface area contributed by atoms with Gasteiger partial charge in [-0.05, 0) is 0 Å². The van der Waals surface area contributed by atoms with Gasteiger partial charge in [-0.15, -0.1) is 13.3 Å². The average Bonchev–Trinajstić information content (AvgIpc) is 2.43. The monoisotopic (exact) mass is 600 g/mol. The summed E-state index contributed by atoms with van der Waals surface area (Å²) in [5.41, 5.74) is 4.99. The minimum Gasteiger partial charge on any atom is -0.392 e. The van der Waals surface area contributed by atoms with Gasteiger partial charge in [0.05, 0.1) is 0 Å². The van der Waals surface area contributed by atoms with Crippen LogP contribution in [0, 0.1) is 18.6 Å². The van der Waals surface area contributed by atoms with Crippen molar-refractivity contribution in [1.29, 1.82) is 0 Å². The van der Waals surface area contributed by atoms with Crippen LogP contribution >= 0.6 is 0 Å². The molecule has 0 heterocycles. The van der Waals surface area contributed by atoms with E-state index < -0.39 is 0 Å². The molecule has 0 aliphatic heterocycles. The van der Waals surface area contributed by atoms with Crippen LogP contribution in [0.25, 0.3) is 0 Å². The first-order valence-corrected chi connectivity index (χ1v) is 4.23. The Morgan fingerprint density at radius 2 is 1.65 bits per heavy atom. The molecule has 0 fully saturated rings. The maximum Gasteiger partial charge on any atom is 0 e. The Morgan fingerprint density at radius 1 is 1.06 bits per heavy atom. The van der Waals surface area contributed by atoms with Gasteiger partial charge in [-0.1, -0.05) is 6.92 Å². The molecule has 5 radical (unpaired) electrons. The molecule has 2 rings (SSSR count). The first-order chi connectivity index (χ1) is 5.79. The summed E-state index contributed by atoms with van der Waals surface area (Å²) in [5.74, 6) is 0. The summed E-state index contributed by atoms with van der Waals surface area (Å²) in [6, 6.07) is 7.60. The number of allylic oxidation sites excluding steroid dienone is 1. The number of benzene rings is 1. The third-order valence-electron chi connectivity index (χ3n) is 2.16. The molecule has 17 heavy (non-hydrogen) atoms. The molecule has 0 bridgehead atoms. The fourth-order valence-corrected chi connectivity index (χ4v) is 1.51. The summed E-state index contributed by atoms with van der Waals surface area (Å²) in [6.07, 6.45) is 6.43. The molecular formula is C12H11Y5-3. The Kier molecular flexibility index (Phi) is 26.4. The molecule has 0 spiro atoms. The summed E-state index contributed by atoms with van der Waals surface area (Å²) in [4.78, 5) is 0. The van der Waals surface area contributed by atoms with Crippen molar-refractivity contribution in [3.8, 4) is 0 Å². The summed E-state index contributed by atoms with van der Waals surface area (Å²) in [6.45, 7) is 4.15. The first kappa shape index (κ1) is 29.4. The van der Waals surface area contributed by atoms with Crippen molar-refractivity contribution < 1.29 is 164 Å². The van der Waals surface area contributed by atoms with Crippen LogP contribution in [0.2, 0.25) is 0 Å². The van der Waals surface area contributed by atoms with Gasteiger partial charge in [0, 0.05) is 164 Å². The van der Waals surface area contributed by atoms with Crippen LogP contribution in [0.4, 0.5) is 0 Å². The minimum absolute atomic E-state index is 0. The predicted octanol–water partition coefficient (Wildman–Crippen LogP) is 2.70. The summed E-state index contributed by atoms with van der Waals surface area (Å²) < 4.78 is 0. The second kappa shape index (κ2) is 15.3. The summed E-state index contributed by atoms with van der Waals surface area (Å²) in [5, 5.41) is 0. The molecule has 0 saturated carbocycles. The number of rotatable bonds is 1. The van der Waals surface area contributed by atoms with Crippen molar-refractivity contribution in [3.63, 3.8) is 0 Å². The standard InChI is InChI=1S/C12H11.5Y/c1-3-10-4-5-11-6-9(2)7-12(11)8-10;;;;;/h3-5H,6H2,1-2H3;;;;;/q-3;;;;;. The minimum atomic E-state index is 0. The van der Waals surface area contributed by atoms with Gasteiger partial charge < -0.3 is 35.8 Å². The number of fused-ring (bicyclic) bond motifs is 1. The molecule has 0 aromatic heterocycles. The van der Waals surface area contributed by atoms with E-state index in [1.807, 2.05) is 6.92 Å². The van der Waals surface area contributed by atoms with Crippen molar-refractivity contribution in [1.82, 2.24) is 0 Å². The molecule has 0 nitrogen and oxygen atoms in total. The third-order valence-corrected chi connectivity index (χ3v) is 2.16. The Morgan fingerprint density at radius 3 is 2.18 bits per heavy atom. The molecule has 1 aliphatic carbocycles. The SMILES string of the molecule is C[CH-]c1[c-]c2c(cc1)CC(C)=[C-]2.[Y].[Y].[Y].[Y].[Y]. The second-order valence-corrected chi connectivity index (χ2v) is 3.18. The Labute approximate surface area is 231 Å². The maximum atomic E-state index is 3.32. The van der Waals surface area contributed by atoms with E-state index in [0.717, 1.165) is 17.5 Å². The van der Waals surface area contributed by atoms with E-state index in [4.69, 9.17) is 0 Å². The van der Waals surface area contributed by atoms with Gasteiger partial charge >= 0.3 is 0 Å². The van der Waals surface area contributed by atoms with Crippen LogP contribution < -0.4 is 0 Å². The van der Waals surface area contributed by atoms with Crippen LogP contribution in [0.5, 0.6) is 0 Å². The zero-order valence-corrected chi connectivity index (χ0v) is 24.5. The summed E-state index contributed by atoms with van der Waals surface area (Å²) in [7, 11) is 0. The third kappa shape index (κ3) is 9.16. The molecule has 0 N–H and O–H groups in total. The van der Waals surface area contributed by atoms with Crippen LogP contribution in [-0.2, 0) is 170 Å². The normalized spacial score (nSPS) is 9.88. The topological polar surface area (TPSA) is 0 Å². The largest absolute Gasteiger partial charge is 0.392 e. The number of hydrogen-bond donors (Lipinski definition) is 0. The smallest absolute Gasteiger partial charge is 0 e. The van der Waals surface area contributed by atoms with Crippen LogP contribution in [0.1, 0.15) is 30.5 Å². The number of hydrogen-bond acceptors (Lipinski definition) is 0. The predicted molar refractivity (Wildman–Crippen MR) is 49.6 cm³/mol. The molecule has 0 unspecified atom stereocenters. The van der Waals surface area contributed by atoms with E-state index in [2.05, 4.69) is 37.6 Å². The van der Waals surface area contributed by atoms with E-state index in [1.165, 1.54) is 11.1 Å². The van der Waals surface area contributed by atoms with Crippen LogP contribution in [0.15, 0.2) is 17.7 Å². The van der Waals surface area contributed by atoms with Crippen LogP contribution in [-0.4, -0.2) is 0 Å². The fraction of sp³-hybridized carbons (Fsp3) is 0.250. The van der Waals surface area contributed by atoms with E-state index in [0.29, 0.717) is 0 Å². The maximum absolute atomic E-state index is 3.32. The van der Waals surface area contributed by atoms with Crippen LogP contribution in [0.3, 0.4) is 0 Å². The van der Waals surface area contributed by atoms with E-state index in [-0.39, 0.29) is 164 Å². The molecule has 1 aliphatic rings. The molecule has 0 amide bonds. The molecule has 0 saturated heterocycles. The van der Waals surface area contributed by atoms with E-state index in [1.54, 1.807) is 0 Å². The first-order valence-electron chi connectivity index (χ1n) is 4.23. The molecule has 1 aromatic rings. The fourth-order valence-electron chi connectivity index (χ4n) is 1.51. The molecule has 77 valence electrons. The Balaban J connectivity index is -0.000000169. The van der Waals surface area contributed by atoms with Crippen molar-refractivity contribution in [2.75, 3.05) is 0 Å². The molecule has 0 atom stereocenters. The van der Waals surface area contributed by atoms with Gasteiger partial charge in [0.2, 0.25) is 0 Å². The molecule has 1 aromatic carbocycles. The van der Waals surface area contributed by atoms with E-state index >= 15 is 0 Å². The second-order valence-electron chi connectivity index (χ2n) is 3.18. The molecular weight excluding hydrogens is 589 g/mol. The molecule has 5 heteroatoms. The van der Waals surface area contributed by atoms with Crippen molar-refractivity contribution in [2.45, 2.75) is 20.3 Å². The van der Waals surface area contributed by atoms with Crippen molar-refractivity contribution >= 4 is 0 Å². The zero-order valence-electron chi connectivity index (χ0n) is 10.3. The van der Waals surface area contributed by atoms with E-state index in [9.17, 15) is 0 Å². The van der Waals surface area contributed by atoms with Gasteiger partial charge in [0.1, 0.15) is 0 Å². The van der Waals surface area contributed by atoms with Gasteiger partial charge in [-0.25, -0.2) is 5.57 Å². The summed E-state index contributed by atoms with van der Waals surface area (Å²) >= 11 is 0. The Bertz CT molecular complexity index is 347. The van der Waals surface area contributed by atoms with Gasteiger partial charge in [-0.3, -0.25) is 11.6 Å². The van der Waals surface area contributed by atoms with Crippen molar-refractivity contribution in [2.24, 2.45) is 0 Å².